The second-order valence-corrected chi connectivity index (χ2v) is 4.93. The lowest BCUT2D eigenvalue weighted by Gasteiger charge is -2.09. The lowest BCUT2D eigenvalue weighted by atomic mass is 10.1. The third kappa shape index (κ3) is 4.51. The summed E-state index contributed by atoms with van der Waals surface area (Å²) in [4.78, 5) is 11.4. The molecule has 0 aliphatic rings. The zero-order chi connectivity index (χ0) is 14.4. The van der Waals surface area contributed by atoms with Crippen molar-refractivity contribution in [2.75, 3.05) is 6.61 Å². The van der Waals surface area contributed by atoms with Gasteiger partial charge in [-0.3, -0.25) is 4.79 Å². The number of hydrogen-bond acceptors (Lipinski definition) is 3. The van der Waals surface area contributed by atoms with Gasteiger partial charge in [-0.25, -0.2) is 0 Å². The Morgan fingerprint density at radius 1 is 1.15 bits per heavy atom. The van der Waals surface area contributed by atoms with Crippen LogP contribution in [0.5, 0.6) is 5.75 Å². The quantitative estimate of drug-likeness (QED) is 0.823. The molecule has 0 atom stereocenters. The molecule has 0 bridgehead atoms. The Balaban J connectivity index is 1.83. The van der Waals surface area contributed by atoms with Gasteiger partial charge in [-0.2, -0.15) is 0 Å². The number of benzene rings is 1. The molecule has 104 valence electrons. The van der Waals surface area contributed by atoms with Gasteiger partial charge in [0.1, 0.15) is 12.4 Å². The fraction of sp³-hybridized carbons (Fsp3) is 0.200. The molecule has 0 fully saturated rings. The van der Waals surface area contributed by atoms with E-state index in [-0.39, 0.29) is 5.43 Å². The van der Waals surface area contributed by atoms with E-state index in [1.165, 1.54) is 12.1 Å². The molecule has 1 heterocycles. The highest BCUT2D eigenvalue weighted by molar-refractivity contribution is 7.80. The van der Waals surface area contributed by atoms with Gasteiger partial charge in [0.05, 0.1) is 11.5 Å². The van der Waals surface area contributed by atoms with Crippen LogP contribution in [0.3, 0.4) is 0 Å². The monoisotopic (exact) mass is 288 g/mol. The molecule has 20 heavy (non-hydrogen) atoms. The van der Waals surface area contributed by atoms with Gasteiger partial charge in [-0.1, -0.05) is 24.4 Å². The average Bonchev–Trinajstić information content (AvgIpc) is 2.42. The topological polar surface area (TPSA) is 57.2 Å². The van der Waals surface area contributed by atoms with Crippen molar-refractivity contribution in [1.82, 2.24) is 4.57 Å². The van der Waals surface area contributed by atoms with Crippen LogP contribution in [-0.2, 0) is 13.0 Å². The van der Waals surface area contributed by atoms with E-state index in [2.05, 4.69) is 0 Å². The van der Waals surface area contributed by atoms with Crippen molar-refractivity contribution >= 4 is 17.2 Å². The predicted octanol–water partition coefficient (Wildman–Crippen LogP) is 1.76. The smallest absolute Gasteiger partial charge is 0.181 e. The van der Waals surface area contributed by atoms with Crippen molar-refractivity contribution in [3.05, 3.63) is 64.6 Å². The van der Waals surface area contributed by atoms with Gasteiger partial charge in [0.15, 0.2) is 5.43 Å². The van der Waals surface area contributed by atoms with Crippen molar-refractivity contribution in [2.24, 2.45) is 5.73 Å². The summed E-state index contributed by atoms with van der Waals surface area (Å²) < 4.78 is 7.54. The van der Waals surface area contributed by atoms with Crippen LogP contribution in [0.4, 0.5) is 0 Å². The van der Waals surface area contributed by atoms with E-state index in [0.29, 0.717) is 24.6 Å². The summed E-state index contributed by atoms with van der Waals surface area (Å²) >= 11 is 4.87. The van der Waals surface area contributed by atoms with Crippen LogP contribution < -0.4 is 15.9 Å². The lowest BCUT2D eigenvalue weighted by molar-refractivity contribution is 0.298. The molecule has 2 N–H and O–H groups in total. The Morgan fingerprint density at radius 3 is 2.40 bits per heavy atom. The van der Waals surface area contributed by atoms with Gasteiger partial charge in [-0.05, 0) is 17.7 Å². The maximum absolute atomic E-state index is 11.0. The lowest BCUT2D eigenvalue weighted by Crippen LogP contribution is -2.11. The van der Waals surface area contributed by atoms with Crippen molar-refractivity contribution in [1.29, 1.82) is 0 Å². The second-order valence-electron chi connectivity index (χ2n) is 4.41. The molecule has 2 aromatic rings. The minimum atomic E-state index is 0.00979. The first-order valence-corrected chi connectivity index (χ1v) is 6.70. The van der Waals surface area contributed by atoms with Crippen molar-refractivity contribution < 1.29 is 4.74 Å². The number of nitrogens with two attached hydrogens (primary N) is 1. The fourth-order valence-electron chi connectivity index (χ4n) is 1.77. The second kappa shape index (κ2) is 6.86. The summed E-state index contributed by atoms with van der Waals surface area (Å²) in [6, 6.07) is 10.8. The van der Waals surface area contributed by atoms with Crippen molar-refractivity contribution in [3.63, 3.8) is 0 Å². The number of ether oxygens (including phenoxy) is 1. The first-order chi connectivity index (χ1) is 9.63. The SMILES string of the molecule is NC(=S)Cc1ccc(OCCn2ccc(=O)cc2)cc1. The molecular weight excluding hydrogens is 272 g/mol. The van der Waals surface area contributed by atoms with E-state index < -0.39 is 0 Å². The number of aromatic nitrogens is 1. The Labute approximate surface area is 122 Å². The summed E-state index contributed by atoms with van der Waals surface area (Å²) in [7, 11) is 0. The van der Waals surface area contributed by atoms with Gasteiger partial charge < -0.3 is 15.0 Å². The molecule has 0 saturated carbocycles. The summed E-state index contributed by atoms with van der Waals surface area (Å²) in [5.41, 5.74) is 6.58. The van der Waals surface area contributed by atoms with Crippen LogP contribution in [-0.4, -0.2) is 16.2 Å². The maximum Gasteiger partial charge on any atom is 0.181 e. The maximum atomic E-state index is 11.0. The molecule has 2 rings (SSSR count). The molecule has 0 amide bonds. The first kappa shape index (κ1) is 14.3. The van der Waals surface area contributed by atoms with Crippen LogP contribution in [0.1, 0.15) is 5.56 Å². The van der Waals surface area contributed by atoms with E-state index in [1.807, 2.05) is 28.8 Å². The molecule has 0 radical (unpaired) electrons. The standard InChI is InChI=1S/C15H16N2O2S/c16-15(20)11-12-1-3-14(4-2-12)19-10-9-17-7-5-13(18)6-8-17/h1-8H,9-11H2,(H2,16,20). The molecule has 0 aliphatic heterocycles. The summed E-state index contributed by atoms with van der Waals surface area (Å²) in [6.07, 6.45) is 4.10. The van der Waals surface area contributed by atoms with Crippen LogP contribution in [0.2, 0.25) is 0 Å². The third-order valence-electron chi connectivity index (χ3n) is 2.78. The highest BCUT2D eigenvalue weighted by Gasteiger charge is 1.97. The Bertz CT molecular complexity index is 615. The third-order valence-corrected chi connectivity index (χ3v) is 2.92. The van der Waals surface area contributed by atoms with Crippen molar-refractivity contribution in [2.45, 2.75) is 13.0 Å². The molecule has 4 nitrogen and oxygen atoms in total. The van der Waals surface area contributed by atoms with Crippen LogP contribution in [0.25, 0.3) is 0 Å². The van der Waals surface area contributed by atoms with Crippen LogP contribution >= 0.6 is 12.2 Å². The average molecular weight is 288 g/mol. The van der Waals surface area contributed by atoms with Gasteiger partial charge in [0, 0.05) is 30.9 Å². The molecule has 5 heteroatoms. The predicted molar refractivity (Wildman–Crippen MR) is 83.1 cm³/mol. The number of rotatable bonds is 6. The Morgan fingerprint density at radius 2 is 1.80 bits per heavy atom. The van der Waals surface area contributed by atoms with Gasteiger partial charge in [0.2, 0.25) is 0 Å². The summed E-state index contributed by atoms with van der Waals surface area (Å²) in [6.45, 7) is 1.23. The fourth-order valence-corrected chi connectivity index (χ4v) is 1.93. The van der Waals surface area contributed by atoms with Gasteiger partial charge in [0.25, 0.3) is 0 Å². The van der Waals surface area contributed by atoms with E-state index in [4.69, 9.17) is 22.7 Å². The van der Waals surface area contributed by atoms with Crippen LogP contribution in [0.15, 0.2) is 53.6 Å². The van der Waals surface area contributed by atoms with Gasteiger partial charge >= 0.3 is 0 Å². The first-order valence-electron chi connectivity index (χ1n) is 6.29. The summed E-state index contributed by atoms with van der Waals surface area (Å²) in [5, 5.41) is 0. The normalized spacial score (nSPS) is 10.2. The molecule has 0 spiro atoms. The number of nitrogens with zero attached hydrogens (tertiary/aromatic N) is 1. The van der Waals surface area contributed by atoms with E-state index >= 15 is 0 Å². The Kier molecular flexibility index (Phi) is 4.90. The summed E-state index contributed by atoms with van der Waals surface area (Å²) in [5.74, 6) is 0.803. The molecular formula is C15H16N2O2S. The minimum absolute atomic E-state index is 0.00979. The van der Waals surface area contributed by atoms with Crippen LogP contribution in [0, 0.1) is 0 Å². The number of hydrogen-bond donors (Lipinski definition) is 1. The zero-order valence-corrected chi connectivity index (χ0v) is 11.8. The highest BCUT2D eigenvalue weighted by atomic mass is 32.1. The van der Waals surface area contributed by atoms with E-state index in [0.717, 1.165) is 11.3 Å². The van der Waals surface area contributed by atoms with E-state index in [1.54, 1.807) is 12.4 Å². The van der Waals surface area contributed by atoms with Gasteiger partial charge in [-0.15, -0.1) is 0 Å². The molecule has 1 aromatic heterocycles. The van der Waals surface area contributed by atoms with Crippen molar-refractivity contribution in [3.8, 4) is 5.75 Å². The molecule has 0 unspecified atom stereocenters. The minimum Gasteiger partial charge on any atom is -0.492 e. The number of pyridine rings is 1. The zero-order valence-electron chi connectivity index (χ0n) is 11.0. The van der Waals surface area contributed by atoms with E-state index in [9.17, 15) is 4.79 Å². The Hall–Kier alpha value is -2.14. The number of thiocarbonyl (C=S) groups is 1. The highest BCUT2D eigenvalue weighted by Crippen LogP contribution is 2.12. The molecule has 0 aliphatic carbocycles. The largest absolute Gasteiger partial charge is 0.492 e. The molecule has 0 saturated heterocycles. The molecule has 1 aromatic carbocycles.